The Morgan fingerprint density at radius 2 is 2.14 bits per heavy atom. The molecule has 0 saturated carbocycles. The van der Waals surface area contributed by atoms with Gasteiger partial charge in [-0.1, -0.05) is 30.3 Å². The lowest BCUT2D eigenvalue weighted by atomic mass is 9.98. The number of rotatable bonds is 4. The molecule has 4 rings (SSSR count). The molecule has 2 aliphatic heterocycles. The molecule has 2 aliphatic rings. The van der Waals surface area contributed by atoms with Crippen LogP contribution in [-0.2, 0) is 17.8 Å². The second-order valence-electron chi connectivity index (χ2n) is 6.00. The zero-order valence-electron chi connectivity index (χ0n) is 12.7. The third-order valence-electron chi connectivity index (χ3n) is 4.51. The van der Waals surface area contributed by atoms with E-state index in [-0.39, 0.29) is 0 Å². The summed E-state index contributed by atoms with van der Waals surface area (Å²) >= 11 is 0. The summed E-state index contributed by atoms with van der Waals surface area (Å²) in [5.41, 5.74) is 5.10. The van der Waals surface area contributed by atoms with E-state index in [0.717, 1.165) is 38.3 Å². The number of benzene rings is 2. The molecule has 0 unspecified atom stereocenters. The number of hydrogen-bond acceptors (Lipinski definition) is 3. The first-order valence-electron chi connectivity index (χ1n) is 8.06. The van der Waals surface area contributed by atoms with Crippen LogP contribution < -0.4 is 10.1 Å². The Bertz CT molecular complexity index is 662. The second-order valence-corrected chi connectivity index (χ2v) is 6.00. The molecule has 2 aromatic rings. The van der Waals surface area contributed by atoms with Crippen LogP contribution in [0.4, 0.5) is 0 Å². The SMILES string of the molecule is c1ccc(-c2ccc3c(c2)CCO3)c(CO[C@H]2CCNC2)c1. The Balaban J connectivity index is 1.58. The molecule has 1 N–H and O–H groups in total. The molecule has 0 spiro atoms. The van der Waals surface area contributed by atoms with Gasteiger partial charge >= 0.3 is 0 Å². The van der Waals surface area contributed by atoms with E-state index in [1.54, 1.807) is 0 Å². The van der Waals surface area contributed by atoms with Gasteiger partial charge in [-0.25, -0.2) is 0 Å². The highest BCUT2D eigenvalue weighted by Gasteiger charge is 2.17. The second kappa shape index (κ2) is 6.11. The van der Waals surface area contributed by atoms with E-state index in [0.29, 0.717) is 12.7 Å². The average molecular weight is 295 g/mol. The highest BCUT2D eigenvalue weighted by atomic mass is 16.5. The van der Waals surface area contributed by atoms with E-state index < -0.39 is 0 Å². The Labute approximate surface area is 131 Å². The van der Waals surface area contributed by atoms with Crippen molar-refractivity contribution in [3.05, 3.63) is 53.6 Å². The van der Waals surface area contributed by atoms with Gasteiger partial charge in [0.05, 0.1) is 19.3 Å². The number of fused-ring (bicyclic) bond motifs is 1. The summed E-state index contributed by atoms with van der Waals surface area (Å²) in [6, 6.07) is 15.0. The van der Waals surface area contributed by atoms with Crippen molar-refractivity contribution in [3.8, 4) is 16.9 Å². The van der Waals surface area contributed by atoms with Crippen LogP contribution >= 0.6 is 0 Å². The maximum Gasteiger partial charge on any atom is 0.122 e. The molecule has 114 valence electrons. The molecule has 0 amide bonds. The van der Waals surface area contributed by atoms with Gasteiger partial charge in [0.25, 0.3) is 0 Å². The molecule has 0 aromatic heterocycles. The predicted molar refractivity (Wildman–Crippen MR) is 87.1 cm³/mol. The largest absolute Gasteiger partial charge is 0.493 e. The van der Waals surface area contributed by atoms with Crippen molar-refractivity contribution in [2.75, 3.05) is 19.7 Å². The van der Waals surface area contributed by atoms with Gasteiger partial charge in [0, 0.05) is 13.0 Å². The third kappa shape index (κ3) is 2.74. The van der Waals surface area contributed by atoms with Crippen molar-refractivity contribution < 1.29 is 9.47 Å². The fourth-order valence-corrected chi connectivity index (χ4v) is 3.26. The molecule has 0 radical (unpaired) electrons. The molecule has 2 aromatic carbocycles. The van der Waals surface area contributed by atoms with Crippen molar-refractivity contribution in [3.63, 3.8) is 0 Å². The summed E-state index contributed by atoms with van der Waals surface area (Å²) in [6.45, 7) is 3.52. The van der Waals surface area contributed by atoms with Gasteiger partial charge in [0.15, 0.2) is 0 Å². The van der Waals surface area contributed by atoms with Crippen molar-refractivity contribution >= 4 is 0 Å². The van der Waals surface area contributed by atoms with Gasteiger partial charge < -0.3 is 14.8 Å². The maximum atomic E-state index is 6.06. The molecular weight excluding hydrogens is 274 g/mol. The highest BCUT2D eigenvalue weighted by molar-refractivity contribution is 5.69. The van der Waals surface area contributed by atoms with Gasteiger partial charge in [-0.05, 0) is 47.4 Å². The minimum Gasteiger partial charge on any atom is -0.493 e. The van der Waals surface area contributed by atoms with Crippen LogP contribution in [0.3, 0.4) is 0 Å². The van der Waals surface area contributed by atoms with Crippen LogP contribution in [0.1, 0.15) is 17.5 Å². The van der Waals surface area contributed by atoms with E-state index >= 15 is 0 Å². The summed E-state index contributed by atoms with van der Waals surface area (Å²) in [5, 5.41) is 3.34. The molecule has 1 fully saturated rings. The lowest BCUT2D eigenvalue weighted by Crippen LogP contribution is -2.16. The van der Waals surface area contributed by atoms with E-state index in [2.05, 4.69) is 47.8 Å². The van der Waals surface area contributed by atoms with E-state index in [1.807, 2.05) is 0 Å². The van der Waals surface area contributed by atoms with Crippen molar-refractivity contribution in [2.45, 2.75) is 25.6 Å². The first-order valence-corrected chi connectivity index (χ1v) is 8.06. The Morgan fingerprint density at radius 3 is 3.05 bits per heavy atom. The van der Waals surface area contributed by atoms with Crippen LogP contribution in [0.2, 0.25) is 0 Å². The maximum absolute atomic E-state index is 6.06. The topological polar surface area (TPSA) is 30.5 Å². The van der Waals surface area contributed by atoms with E-state index in [1.165, 1.54) is 22.3 Å². The summed E-state index contributed by atoms with van der Waals surface area (Å²) < 4.78 is 11.7. The molecule has 2 heterocycles. The molecule has 3 nitrogen and oxygen atoms in total. The first-order chi connectivity index (χ1) is 10.9. The van der Waals surface area contributed by atoms with Crippen LogP contribution in [0.25, 0.3) is 11.1 Å². The molecule has 3 heteroatoms. The third-order valence-corrected chi connectivity index (χ3v) is 4.51. The highest BCUT2D eigenvalue weighted by Crippen LogP contribution is 2.32. The van der Waals surface area contributed by atoms with Crippen molar-refractivity contribution in [1.29, 1.82) is 0 Å². The predicted octanol–water partition coefficient (Wildman–Crippen LogP) is 3.17. The molecular formula is C19H21NO2. The fraction of sp³-hybridized carbons (Fsp3) is 0.368. The Morgan fingerprint density at radius 1 is 1.18 bits per heavy atom. The van der Waals surface area contributed by atoms with Gasteiger partial charge in [-0.2, -0.15) is 0 Å². The minimum absolute atomic E-state index is 0.349. The quantitative estimate of drug-likeness (QED) is 0.940. The normalized spacial score (nSPS) is 19.9. The Hall–Kier alpha value is -1.84. The Kier molecular flexibility index (Phi) is 3.83. The van der Waals surface area contributed by atoms with Crippen LogP contribution in [0, 0.1) is 0 Å². The van der Waals surface area contributed by atoms with Gasteiger partial charge in [-0.3, -0.25) is 0 Å². The van der Waals surface area contributed by atoms with Crippen LogP contribution in [0.15, 0.2) is 42.5 Å². The molecule has 22 heavy (non-hydrogen) atoms. The van der Waals surface area contributed by atoms with E-state index in [4.69, 9.17) is 9.47 Å². The standard InChI is InChI=1S/C19H21NO2/c1-2-4-18(14-5-6-19-15(11-14)8-10-21-19)16(3-1)13-22-17-7-9-20-12-17/h1-6,11,17,20H,7-10,12-13H2/t17-/m0/s1. The van der Waals surface area contributed by atoms with Crippen LogP contribution in [-0.4, -0.2) is 25.8 Å². The molecule has 0 aliphatic carbocycles. The smallest absolute Gasteiger partial charge is 0.122 e. The van der Waals surface area contributed by atoms with Crippen LogP contribution in [0.5, 0.6) is 5.75 Å². The van der Waals surface area contributed by atoms with Gasteiger partial charge in [0.2, 0.25) is 0 Å². The van der Waals surface area contributed by atoms with Gasteiger partial charge in [-0.15, -0.1) is 0 Å². The molecule has 0 bridgehead atoms. The lowest BCUT2D eigenvalue weighted by Gasteiger charge is -2.14. The van der Waals surface area contributed by atoms with Crippen molar-refractivity contribution in [1.82, 2.24) is 5.32 Å². The number of nitrogens with one attached hydrogen (secondary N) is 1. The number of ether oxygens (including phenoxy) is 2. The molecule has 1 saturated heterocycles. The minimum atomic E-state index is 0.349. The van der Waals surface area contributed by atoms with Gasteiger partial charge in [0.1, 0.15) is 5.75 Å². The fourth-order valence-electron chi connectivity index (χ4n) is 3.26. The average Bonchev–Trinajstić information content (AvgIpc) is 3.24. The zero-order valence-corrected chi connectivity index (χ0v) is 12.7. The summed E-state index contributed by atoms with van der Waals surface area (Å²) in [5.74, 6) is 1.04. The summed E-state index contributed by atoms with van der Waals surface area (Å²) in [4.78, 5) is 0. The zero-order chi connectivity index (χ0) is 14.8. The van der Waals surface area contributed by atoms with E-state index in [9.17, 15) is 0 Å². The van der Waals surface area contributed by atoms with Crippen molar-refractivity contribution in [2.24, 2.45) is 0 Å². The summed E-state index contributed by atoms with van der Waals surface area (Å²) in [6.07, 6.45) is 2.47. The lowest BCUT2D eigenvalue weighted by molar-refractivity contribution is 0.0545. The monoisotopic (exact) mass is 295 g/mol. The molecule has 1 atom stereocenters. The number of hydrogen-bond donors (Lipinski definition) is 1. The first kappa shape index (κ1) is 13.8. The summed E-state index contributed by atoms with van der Waals surface area (Å²) in [7, 11) is 0.